The van der Waals surface area contributed by atoms with E-state index in [4.69, 9.17) is 4.74 Å². The number of esters is 1. The number of carbonyl (C=O) groups is 1. The van der Waals surface area contributed by atoms with Crippen molar-refractivity contribution in [3.05, 3.63) is 0 Å². The van der Waals surface area contributed by atoms with Gasteiger partial charge < -0.3 is 4.74 Å². The molecule has 7 heteroatoms. The molecule has 2 saturated heterocycles. The Bertz CT molecular complexity index is 438. The smallest absolute Gasteiger partial charge is 0.307 e. The summed E-state index contributed by atoms with van der Waals surface area (Å²) >= 11 is 1.85. The van der Waals surface area contributed by atoms with E-state index in [-0.39, 0.29) is 17.9 Å². The zero-order valence-corrected chi connectivity index (χ0v) is 13.5. The second kappa shape index (κ2) is 7.13. The van der Waals surface area contributed by atoms with Crippen molar-refractivity contribution in [2.45, 2.75) is 25.3 Å². The first kappa shape index (κ1) is 16.1. The maximum Gasteiger partial charge on any atom is 0.307 e. The van der Waals surface area contributed by atoms with E-state index in [1.165, 1.54) is 7.11 Å². The molecule has 0 aromatic carbocycles. The maximum absolute atomic E-state index is 11.7. The van der Waals surface area contributed by atoms with Gasteiger partial charge in [0.1, 0.15) is 0 Å². The van der Waals surface area contributed by atoms with Gasteiger partial charge in [0.15, 0.2) is 9.84 Å². The van der Waals surface area contributed by atoms with Gasteiger partial charge in [0, 0.05) is 30.6 Å². The van der Waals surface area contributed by atoms with Crippen molar-refractivity contribution in [3.63, 3.8) is 0 Å². The first-order chi connectivity index (χ1) is 9.50. The molecule has 2 fully saturated rings. The fraction of sp³-hybridized carbons (Fsp3) is 0.923. The fourth-order valence-corrected chi connectivity index (χ4v) is 5.88. The molecule has 2 rings (SSSR count). The van der Waals surface area contributed by atoms with Crippen molar-refractivity contribution in [2.24, 2.45) is 5.92 Å². The van der Waals surface area contributed by atoms with Crippen molar-refractivity contribution in [3.8, 4) is 0 Å². The number of ether oxygens (including phenoxy) is 1. The number of nitrogens with zero attached hydrogens (tertiary/aromatic N) is 1. The normalized spacial score (nSPS) is 30.9. The van der Waals surface area contributed by atoms with E-state index in [0.717, 1.165) is 37.4 Å². The van der Waals surface area contributed by atoms with E-state index in [2.05, 4.69) is 4.90 Å². The molecule has 0 aliphatic carbocycles. The topological polar surface area (TPSA) is 63.7 Å². The number of rotatable bonds is 4. The largest absolute Gasteiger partial charge is 0.469 e. The lowest BCUT2D eigenvalue weighted by Crippen LogP contribution is -2.47. The van der Waals surface area contributed by atoms with Gasteiger partial charge in [-0.3, -0.25) is 9.69 Å². The van der Waals surface area contributed by atoms with E-state index < -0.39 is 9.84 Å². The van der Waals surface area contributed by atoms with Gasteiger partial charge >= 0.3 is 5.97 Å². The summed E-state index contributed by atoms with van der Waals surface area (Å²) in [6.45, 7) is 1.73. The van der Waals surface area contributed by atoms with Crippen molar-refractivity contribution < 1.29 is 17.9 Å². The number of hydrogen-bond donors (Lipinski definition) is 0. The van der Waals surface area contributed by atoms with Crippen molar-refractivity contribution in [2.75, 3.05) is 43.2 Å². The highest BCUT2D eigenvalue weighted by atomic mass is 32.2. The van der Waals surface area contributed by atoms with Gasteiger partial charge in [-0.2, -0.15) is 11.8 Å². The first-order valence-electron chi connectivity index (χ1n) is 7.09. The van der Waals surface area contributed by atoms with E-state index in [1.807, 2.05) is 11.8 Å². The highest BCUT2D eigenvalue weighted by molar-refractivity contribution is 7.99. The van der Waals surface area contributed by atoms with Crippen LogP contribution in [0.4, 0.5) is 0 Å². The Kier molecular flexibility index (Phi) is 5.74. The predicted octanol–water partition coefficient (Wildman–Crippen LogP) is 0.792. The third-order valence-electron chi connectivity index (χ3n) is 4.03. The molecule has 0 aromatic rings. The molecule has 2 aliphatic rings. The standard InChI is InChI=1S/C13H23NO4S2/c1-18-13(15)7-12-9-19-5-4-14(12)8-11-3-2-6-20(16,17)10-11/h11-12H,2-10H2,1H3/t11-,12-/m1/s1. The number of hydrogen-bond acceptors (Lipinski definition) is 6. The van der Waals surface area contributed by atoms with Crippen LogP contribution in [0, 0.1) is 5.92 Å². The van der Waals surface area contributed by atoms with Gasteiger partial charge in [0.05, 0.1) is 25.0 Å². The molecule has 5 nitrogen and oxygen atoms in total. The lowest BCUT2D eigenvalue weighted by Gasteiger charge is -2.37. The van der Waals surface area contributed by atoms with Crippen LogP contribution in [0.15, 0.2) is 0 Å². The van der Waals surface area contributed by atoms with Crippen molar-refractivity contribution >= 4 is 27.6 Å². The molecule has 20 heavy (non-hydrogen) atoms. The predicted molar refractivity (Wildman–Crippen MR) is 80.7 cm³/mol. The first-order valence-corrected chi connectivity index (χ1v) is 10.1. The van der Waals surface area contributed by atoms with Crippen molar-refractivity contribution in [1.82, 2.24) is 4.90 Å². The van der Waals surface area contributed by atoms with Crippen LogP contribution in [-0.4, -0.2) is 68.5 Å². The number of carbonyl (C=O) groups excluding carboxylic acids is 1. The maximum atomic E-state index is 11.7. The molecule has 0 amide bonds. The molecule has 2 atom stereocenters. The zero-order chi connectivity index (χ0) is 14.6. The highest BCUT2D eigenvalue weighted by Crippen LogP contribution is 2.24. The Hall–Kier alpha value is -0.270. The summed E-state index contributed by atoms with van der Waals surface area (Å²) in [5.41, 5.74) is 0. The zero-order valence-electron chi connectivity index (χ0n) is 11.9. The molecule has 0 saturated carbocycles. The molecule has 2 aliphatic heterocycles. The van der Waals surface area contributed by atoms with Crippen LogP contribution in [0.3, 0.4) is 0 Å². The molecular formula is C13H23NO4S2. The third-order valence-corrected chi connectivity index (χ3v) is 7.01. The van der Waals surface area contributed by atoms with Crippen LogP contribution in [0.5, 0.6) is 0 Å². The lowest BCUT2D eigenvalue weighted by molar-refractivity contribution is -0.141. The molecule has 116 valence electrons. The summed E-state index contributed by atoms with van der Waals surface area (Å²) in [7, 11) is -1.44. The average Bonchev–Trinajstić information content (AvgIpc) is 2.39. The van der Waals surface area contributed by atoms with Crippen molar-refractivity contribution in [1.29, 1.82) is 0 Å². The Balaban J connectivity index is 1.92. The summed E-state index contributed by atoms with van der Waals surface area (Å²) in [4.78, 5) is 13.8. The average molecular weight is 321 g/mol. The van der Waals surface area contributed by atoms with E-state index in [0.29, 0.717) is 17.9 Å². The van der Waals surface area contributed by atoms with Gasteiger partial charge in [-0.25, -0.2) is 8.42 Å². The van der Waals surface area contributed by atoms with Gasteiger partial charge in [0.25, 0.3) is 0 Å². The Labute approximate surface area is 125 Å². The van der Waals surface area contributed by atoms with Crippen LogP contribution in [0.25, 0.3) is 0 Å². The second-order valence-corrected chi connectivity index (χ2v) is 9.01. The van der Waals surface area contributed by atoms with Gasteiger partial charge in [-0.1, -0.05) is 0 Å². The van der Waals surface area contributed by atoms with Gasteiger partial charge in [-0.05, 0) is 18.8 Å². The van der Waals surface area contributed by atoms with Crippen LogP contribution >= 0.6 is 11.8 Å². The minimum atomic E-state index is -2.85. The SMILES string of the molecule is COC(=O)C[C@@H]1CSCCN1C[C@H]1CCCS(=O)(=O)C1. The molecular weight excluding hydrogens is 298 g/mol. The molecule has 0 bridgehead atoms. The van der Waals surface area contributed by atoms with E-state index in [9.17, 15) is 13.2 Å². The number of sulfone groups is 1. The van der Waals surface area contributed by atoms with E-state index in [1.54, 1.807) is 0 Å². The molecule has 0 spiro atoms. The summed E-state index contributed by atoms with van der Waals surface area (Å²) < 4.78 is 28.2. The van der Waals surface area contributed by atoms with Crippen LogP contribution in [-0.2, 0) is 19.4 Å². The fourth-order valence-electron chi connectivity index (χ4n) is 2.99. The van der Waals surface area contributed by atoms with Crippen LogP contribution < -0.4 is 0 Å². The van der Waals surface area contributed by atoms with Crippen LogP contribution in [0.2, 0.25) is 0 Å². The minimum absolute atomic E-state index is 0.182. The highest BCUT2D eigenvalue weighted by Gasteiger charge is 2.31. The lowest BCUT2D eigenvalue weighted by atomic mass is 10.0. The van der Waals surface area contributed by atoms with E-state index >= 15 is 0 Å². The summed E-state index contributed by atoms with van der Waals surface area (Å²) in [5.74, 6) is 2.66. The summed E-state index contributed by atoms with van der Waals surface area (Å²) in [6, 6.07) is 0.186. The Morgan fingerprint density at radius 1 is 1.45 bits per heavy atom. The summed E-state index contributed by atoms with van der Waals surface area (Å²) in [6.07, 6.45) is 2.16. The Morgan fingerprint density at radius 3 is 2.95 bits per heavy atom. The monoisotopic (exact) mass is 321 g/mol. The second-order valence-electron chi connectivity index (χ2n) is 5.63. The van der Waals surface area contributed by atoms with Gasteiger partial charge in [0.2, 0.25) is 0 Å². The quantitative estimate of drug-likeness (QED) is 0.714. The minimum Gasteiger partial charge on any atom is -0.469 e. The Morgan fingerprint density at radius 2 is 2.25 bits per heavy atom. The molecule has 2 heterocycles. The molecule has 0 radical (unpaired) electrons. The van der Waals surface area contributed by atoms with Gasteiger partial charge in [-0.15, -0.1) is 0 Å². The number of thioether (sulfide) groups is 1. The molecule has 0 unspecified atom stereocenters. The number of methoxy groups -OCH3 is 1. The van der Waals surface area contributed by atoms with Crippen LogP contribution in [0.1, 0.15) is 19.3 Å². The molecule has 0 aromatic heterocycles. The summed E-state index contributed by atoms with van der Waals surface area (Å²) in [5, 5.41) is 0. The molecule has 0 N–H and O–H groups in total. The third kappa shape index (κ3) is 4.63.